The number of ether oxygens (including phenoxy) is 2. The summed E-state index contributed by atoms with van der Waals surface area (Å²) in [5, 5.41) is 6.22. The molecule has 1 saturated carbocycles. The summed E-state index contributed by atoms with van der Waals surface area (Å²) in [6, 6.07) is 14.1. The molecular formula is C24H30N2O4. The molecule has 0 spiro atoms. The van der Waals surface area contributed by atoms with Gasteiger partial charge >= 0.3 is 0 Å². The molecule has 1 aliphatic carbocycles. The average Bonchev–Trinajstić information content (AvgIpc) is 2.76. The maximum absolute atomic E-state index is 12.8. The first-order chi connectivity index (χ1) is 14.6. The molecule has 0 unspecified atom stereocenters. The second-order valence-corrected chi connectivity index (χ2v) is 7.37. The van der Waals surface area contributed by atoms with Gasteiger partial charge in [0.15, 0.2) is 0 Å². The smallest absolute Gasteiger partial charge is 0.251 e. The zero-order valence-electron chi connectivity index (χ0n) is 17.6. The van der Waals surface area contributed by atoms with Gasteiger partial charge in [0, 0.05) is 23.2 Å². The molecule has 30 heavy (non-hydrogen) atoms. The van der Waals surface area contributed by atoms with E-state index in [0.717, 1.165) is 25.7 Å². The molecule has 3 rings (SSSR count). The maximum Gasteiger partial charge on any atom is 0.251 e. The monoisotopic (exact) mass is 410 g/mol. The minimum Gasteiger partial charge on any atom is -0.494 e. The van der Waals surface area contributed by atoms with E-state index in [4.69, 9.17) is 9.47 Å². The van der Waals surface area contributed by atoms with Crippen LogP contribution in [0, 0.1) is 0 Å². The van der Waals surface area contributed by atoms with Crippen LogP contribution in [0.15, 0.2) is 48.5 Å². The van der Waals surface area contributed by atoms with E-state index in [2.05, 4.69) is 10.6 Å². The number of rotatable bonds is 8. The van der Waals surface area contributed by atoms with Gasteiger partial charge in [-0.25, -0.2) is 0 Å². The first-order valence-corrected chi connectivity index (χ1v) is 10.7. The highest BCUT2D eigenvalue weighted by atomic mass is 16.5. The van der Waals surface area contributed by atoms with Crippen LogP contribution in [0.2, 0.25) is 0 Å². The highest BCUT2D eigenvalue weighted by Crippen LogP contribution is 2.21. The van der Waals surface area contributed by atoms with Crippen molar-refractivity contribution in [2.24, 2.45) is 0 Å². The second kappa shape index (κ2) is 10.7. The van der Waals surface area contributed by atoms with Crippen molar-refractivity contribution >= 4 is 11.8 Å². The maximum atomic E-state index is 12.8. The Bertz CT molecular complexity index is 796. The molecular weight excluding hydrogens is 380 g/mol. The first-order valence-electron chi connectivity index (χ1n) is 10.7. The zero-order chi connectivity index (χ0) is 21.3. The third-order valence-electron chi connectivity index (χ3n) is 5.21. The standard InChI is InChI=1S/C24H30N2O4/c1-3-29-19-11-7-9-17(15-19)23(27)25-21-13-5-6-14-22(21)26-24(28)18-10-8-12-20(16-18)30-4-2/h7-12,15-16,21-22H,3-6,13-14H2,1-2H3,(H,25,27)(H,26,28)/t21-,22-/m1/s1. The van der Waals surface area contributed by atoms with Gasteiger partial charge in [0.05, 0.1) is 13.2 Å². The molecule has 2 atom stereocenters. The molecule has 0 heterocycles. The molecule has 0 bridgehead atoms. The number of carbonyl (C=O) groups is 2. The van der Waals surface area contributed by atoms with Gasteiger partial charge in [-0.1, -0.05) is 25.0 Å². The summed E-state index contributed by atoms with van der Waals surface area (Å²) < 4.78 is 11.0. The quantitative estimate of drug-likeness (QED) is 0.691. The molecule has 0 aliphatic heterocycles. The summed E-state index contributed by atoms with van der Waals surface area (Å²) in [6.45, 7) is 4.91. The van der Waals surface area contributed by atoms with Gasteiger partial charge in [0.1, 0.15) is 11.5 Å². The Labute approximate surface area is 178 Å². The first kappa shape index (κ1) is 21.7. The largest absolute Gasteiger partial charge is 0.494 e. The van der Waals surface area contributed by atoms with Crippen LogP contribution in [0.3, 0.4) is 0 Å². The minimum atomic E-state index is -0.152. The third-order valence-corrected chi connectivity index (χ3v) is 5.21. The van der Waals surface area contributed by atoms with Crippen molar-refractivity contribution in [3.05, 3.63) is 59.7 Å². The van der Waals surface area contributed by atoms with Gasteiger partial charge in [-0.2, -0.15) is 0 Å². The Morgan fingerprint density at radius 2 is 1.23 bits per heavy atom. The molecule has 160 valence electrons. The molecule has 0 saturated heterocycles. The van der Waals surface area contributed by atoms with E-state index in [0.29, 0.717) is 35.8 Å². The third kappa shape index (κ3) is 5.75. The Hall–Kier alpha value is -3.02. The minimum absolute atomic E-state index is 0.110. The molecule has 6 heteroatoms. The van der Waals surface area contributed by atoms with E-state index in [1.807, 2.05) is 38.1 Å². The fraction of sp³-hybridized carbons (Fsp3) is 0.417. The highest BCUT2D eigenvalue weighted by Gasteiger charge is 2.28. The number of nitrogens with one attached hydrogen (secondary N) is 2. The Balaban J connectivity index is 1.66. The van der Waals surface area contributed by atoms with Crippen LogP contribution < -0.4 is 20.1 Å². The Morgan fingerprint density at radius 3 is 1.63 bits per heavy atom. The van der Waals surface area contributed by atoms with E-state index in [9.17, 15) is 9.59 Å². The predicted octanol–water partition coefficient (Wildman–Crippen LogP) is 3.96. The predicted molar refractivity (Wildman–Crippen MR) is 116 cm³/mol. The lowest BCUT2D eigenvalue weighted by molar-refractivity contribution is 0.0862. The summed E-state index contributed by atoms with van der Waals surface area (Å²) in [7, 11) is 0. The van der Waals surface area contributed by atoms with Crippen molar-refractivity contribution in [2.75, 3.05) is 13.2 Å². The summed E-state index contributed by atoms with van der Waals surface area (Å²) >= 11 is 0. The molecule has 2 aromatic rings. The summed E-state index contributed by atoms with van der Waals surface area (Å²) in [5.41, 5.74) is 1.11. The van der Waals surface area contributed by atoms with Crippen LogP contribution in [0.25, 0.3) is 0 Å². The fourth-order valence-corrected chi connectivity index (χ4v) is 3.77. The number of hydrogen-bond donors (Lipinski definition) is 2. The van der Waals surface area contributed by atoms with Crippen molar-refractivity contribution in [3.8, 4) is 11.5 Å². The van der Waals surface area contributed by atoms with Crippen molar-refractivity contribution < 1.29 is 19.1 Å². The van der Waals surface area contributed by atoms with E-state index in [1.54, 1.807) is 24.3 Å². The lowest BCUT2D eigenvalue weighted by atomic mass is 9.89. The summed E-state index contributed by atoms with van der Waals surface area (Å²) in [5.74, 6) is 1.04. The lowest BCUT2D eigenvalue weighted by Gasteiger charge is -2.33. The van der Waals surface area contributed by atoms with Gasteiger partial charge in [-0.3, -0.25) is 9.59 Å². The molecule has 0 radical (unpaired) electrons. The van der Waals surface area contributed by atoms with Gasteiger partial charge in [0.25, 0.3) is 11.8 Å². The van der Waals surface area contributed by atoms with Crippen LogP contribution in [-0.2, 0) is 0 Å². The highest BCUT2D eigenvalue weighted by molar-refractivity contribution is 5.96. The molecule has 2 aromatic carbocycles. The van der Waals surface area contributed by atoms with Crippen molar-refractivity contribution in [1.29, 1.82) is 0 Å². The normalized spacial score (nSPS) is 18.3. The fourth-order valence-electron chi connectivity index (χ4n) is 3.77. The van der Waals surface area contributed by atoms with Crippen LogP contribution >= 0.6 is 0 Å². The number of carbonyl (C=O) groups excluding carboxylic acids is 2. The van der Waals surface area contributed by atoms with E-state index >= 15 is 0 Å². The summed E-state index contributed by atoms with van der Waals surface area (Å²) in [6.07, 6.45) is 3.72. The van der Waals surface area contributed by atoms with Crippen LogP contribution in [0.1, 0.15) is 60.2 Å². The van der Waals surface area contributed by atoms with E-state index in [-0.39, 0.29) is 23.9 Å². The molecule has 2 amide bonds. The van der Waals surface area contributed by atoms with Crippen LogP contribution in [-0.4, -0.2) is 37.1 Å². The Kier molecular flexibility index (Phi) is 7.71. The number of amides is 2. The molecule has 1 aliphatic rings. The Morgan fingerprint density at radius 1 is 0.800 bits per heavy atom. The van der Waals surface area contributed by atoms with Crippen LogP contribution in [0.5, 0.6) is 11.5 Å². The topological polar surface area (TPSA) is 76.7 Å². The van der Waals surface area contributed by atoms with Crippen molar-refractivity contribution in [2.45, 2.75) is 51.6 Å². The van der Waals surface area contributed by atoms with E-state index in [1.165, 1.54) is 0 Å². The van der Waals surface area contributed by atoms with Gasteiger partial charge in [-0.15, -0.1) is 0 Å². The van der Waals surface area contributed by atoms with Gasteiger partial charge < -0.3 is 20.1 Å². The lowest BCUT2D eigenvalue weighted by Crippen LogP contribution is -2.53. The average molecular weight is 411 g/mol. The van der Waals surface area contributed by atoms with Crippen LogP contribution in [0.4, 0.5) is 0 Å². The molecule has 6 nitrogen and oxygen atoms in total. The second-order valence-electron chi connectivity index (χ2n) is 7.37. The van der Waals surface area contributed by atoms with Crippen molar-refractivity contribution in [3.63, 3.8) is 0 Å². The number of benzene rings is 2. The van der Waals surface area contributed by atoms with Gasteiger partial charge in [-0.05, 0) is 63.1 Å². The zero-order valence-corrected chi connectivity index (χ0v) is 17.6. The molecule has 1 fully saturated rings. The van der Waals surface area contributed by atoms with E-state index < -0.39 is 0 Å². The molecule has 2 N–H and O–H groups in total. The number of hydrogen-bond acceptors (Lipinski definition) is 4. The van der Waals surface area contributed by atoms with Gasteiger partial charge in [0.2, 0.25) is 0 Å². The molecule has 0 aromatic heterocycles. The summed E-state index contributed by atoms with van der Waals surface area (Å²) in [4.78, 5) is 25.6. The van der Waals surface area contributed by atoms with Crippen molar-refractivity contribution in [1.82, 2.24) is 10.6 Å². The SMILES string of the molecule is CCOc1cccc(C(=O)N[C@@H]2CCCC[C@H]2NC(=O)c2cccc(OCC)c2)c1.